The van der Waals surface area contributed by atoms with Crippen molar-refractivity contribution in [2.45, 2.75) is 38.3 Å². The highest BCUT2D eigenvalue weighted by Crippen LogP contribution is 2.26. The van der Waals surface area contributed by atoms with Crippen molar-refractivity contribution in [3.05, 3.63) is 23.8 Å². The van der Waals surface area contributed by atoms with E-state index in [1.165, 1.54) is 31.4 Å². The van der Waals surface area contributed by atoms with Crippen molar-refractivity contribution >= 4 is 6.21 Å². The highest BCUT2D eigenvalue weighted by Gasteiger charge is 2.25. The molecule has 1 aliphatic carbocycles. The zero-order chi connectivity index (χ0) is 10.7. The number of hydrogen-bond acceptors (Lipinski definition) is 2. The van der Waals surface area contributed by atoms with E-state index in [0.717, 1.165) is 0 Å². The highest BCUT2D eigenvalue weighted by molar-refractivity contribution is 5.74. The molecule has 0 spiro atoms. The van der Waals surface area contributed by atoms with E-state index in [4.69, 9.17) is 0 Å². The van der Waals surface area contributed by atoms with E-state index in [1.807, 2.05) is 12.3 Å². The minimum Gasteiger partial charge on any atom is -0.303 e. The summed E-state index contributed by atoms with van der Waals surface area (Å²) in [6.45, 7) is 3.43. The number of hydrogen-bond donors (Lipinski definition) is 0. The number of nitrogens with zero attached hydrogens (tertiary/aromatic N) is 2. The molecule has 2 heteroatoms. The molecule has 0 aromatic heterocycles. The standard InChI is InChI=1S/C13H20N2/c1-3-9-15(2)12-7-6-11-5-4-8-14-13(11)10-12/h4-6,8,12-13H,3,7,9-10H2,1-2H3. The Morgan fingerprint density at radius 2 is 2.40 bits per heavy atom. The maximum atomic E-state index is 4.54. The molecule has 2 atom stereocenters. The third-order valence-electron chi connectivity index (χ3n) is 3.35. The second kappa shape index (κ2) is 4.75. The van der Waals surface area contributed by atoms with Gasteiger partial charge in [0.15, 0.2) is 0 Å². The first-order chi connectivity index (χ1) is 7.31. The second-order valence-corrected chi connectivity index (χ2v) is 4.48. The Hall–Kier alpha value is -0.890. The van der Waals surface area contributed by atoms with Crippen LogP contribution in [0.1, 0.15) is 26.2 Å². The minimum absolute atomic E-state index is 0.424. The van der Waals surface area contributed by atoms with Crippen LogP contribution < -0.4 is 0 Å². The summed E-state index contributed by atoms with van der Waals surface area (Å²) >= 11 is 0. The highest BCUT2D eigenvalue weighted by atomic mass is 15.1. The van der Waals surface area contributed by atoms with Gasteiger partial charge in [0.05, 0.1) is 6.04 Å². The van der Waals surface area contributed by atoms with Crippen molar-refractivity contribution in [1.29, 1.82) is 0 Å². The van der Waals surface area contributed by atoms with Gasteiger partial charge in [0, 0.05) is 12.3 Å². The molecule has 2 rings (SSSR count). The summed E-state index contributed by atoms with van der Waals surface area (Å²) in [7, 11) is 2.23. The van der Waals surface area contributed by atoms with Crippen LogP contribution in [0.25, 0.3) is 0 Å². The molecule has 0 aromatic rings. The van der Waals surface area contributed by atoms with Crippen LogP contribution in [0.2, 0.25) is 0 Å². The Morgan fingerprint density at radius 1 is 1.53 bits per heavy atom. The molecular weight excluding hydrogens is 184 g/mol. The van der Waals surface area contributed by atoms with Crippen LogP contribution >= 0.6 is 0 Å². The molecule has 2 aliphatic rings. The van der Waals surface area contributed by atoms with E-state index in [1.54, 1.807) is 0 Å². The average Bonchev–Trinajstić information content (AvgIpc) is 2.29. The van der Waals surface area contributed by atoms with E-state index in [2.05, 4.69) is 36.0 Å². The quantitative estimate of drug-likeness (QED) is 0.689. The first-order valence-corrected chi connectivity index (χ1v) is 5.91. The van der Waals surface area contributed by atoms with Crippen molar-refractivity contribution < 1.29 is 0 Å². The summed E-state index contributed by atoms with van der Waals surface area (Å²) in [6, 6.07) is 1.11. The van der Waals surface area contributed by atoms with Crippen LogP contribution in [0.4, 0.5) is 0 Å². The van der Waals surface area contributed by atoms with Crippen molar-refractivity contribution in [3.8, 4) is 0 Å². The molecule has 0 N–H and O–H groups in total. The van der Waals surface area contributed by atoms with Crippen LogP contribution in [-0.2, 0) is 0 Å². The van der Waals surface area contributed by atoms with Gasteiger partial charge >= 0.3 is 0 Å². The zero-order valence-corrected chi connectivity index (χ0v) is 9.69. The van der Waals surface area contributed by atoms with E-state index in [0.29, 0.717) is 12.1 Å². The third kappa shape index (κ3) is 2.37. The molecule has 15 heavy (non-hydrogen) atoms. The van der Waals surface area contributed by atoms with E-state index in [-0.39, 0.29) is 0 Å². The molecule has 0 saturated heterocycles. The van der Waals surface area contributed by atoms with Crippen LogP contribution in [0.5, 0.6) is 0 Å². The molecule has 1 aliphatic heterocycles. The van der Waals surface area contributed by atoms with Gasteiger partial charge < -0.3 is 4.90 Å². The summed E-state index contributed by atoms with van der Waals surface area (Å²) < 4.78 is 0. The Kier molecular flexibility index (Phi) is 3.37. The van der Waals surface area contributed by atoms with Crippen molar-refractivity contribution in [2.24, 2.45) is 4.99 Å². The summed E-state index contributed by atoms with van der Waals surface area (Å²) in [5.74, 6) is 0. The van der Waals surface area contributed by atoms with Crippen LogP contribution in [0.3, 0.4) is 0 Å². The lowest BCUT2D eigenvalue weighted by Gasteiger charge is -2.33. The summed E-state index contributed by atoms with van der Waals surface area (Å²) in [6.07, 6.45) is 12.1. The number of aliphatic imine (C=N–C) groups is 1. The van der Waals surface area contributed by atoms with Gasteiger partial charge in [-0.05, 0) is 44.5 Å². The number of allylic oxidation sites excluding steroid dienone is 1. The van der Waals surface area contributed by atoms with Gasteiger partial charge in [-0.1, -0.05) is 19.1 Å². The fourth-order valence-corrected chi connectivity index (χ4v) is 2.43. The minimum atomic E-state index is 0.424. The van der Waals surface area contributed by atoms with Gasteiger partial charge in [-0.3, -0.25) is 4.99 Å². The van der Waals surface area contributed by atoms with Crippen LogP contribution in [0, 0.1) is 0 Å². The number of fused-ring (bicyclic) bond motifs is 1. The largest absolute Gasteiger partial charge is 0.303 e. The molecular formula is C13H20N2. The molecule has 82 valence electrons. The first-order valence-electron chi connectivity index (χ1n) is 5.91. The molecule has 0 aromatic carbocycles. The zero-order valence-electron chi connectivity index (χ0n) is 9.69. The normalized spacial score (nSPS) is 29.1. The molecule has 0 saturated carbocycles. The van der Waals surface area contributed by atoms with Crippen LogP contribution in [-0.4, -0.2) is 36.8 Å². The maximum Gasteiger partial charge on any atom is 0.0760 e. The molecule has 0 bridgehead atoms. The van der Waals surface area contributed by atoms with Gasteiger partial charge in [-0.2, -0.15) is 0 Å². The van der Waals surface area contributed by atoms with Gasteiger partial charge in [-0.15, -0.1) is 0 Å². The van der Waals surface area contributed by atoms with E-state index >= 15 is 0 Å². The third-order valence-corrected chi connectivity index (χ3v) is 3.35. The van der Waals surface area contributed by atoms with Gasteiger partial charge in [0.2, 0.25) is 0 Å². The summed E-state index contributed by atoms with van der Waals surface area (Å²) in [5.41, 5.74) is 1.42. The monoisotopic (exact) mass is 204 g/mol. The smallest absolute Gasteiger partial charge is 0.0760 e. The first kappa shape index (κ1) is 10.6. The van der Waals surface area contributed by atoms with Crippen LogP contribution in [0.15, 0.2) is 28.8 Å². The second-order valence-electron chi connectivity index (χ2n) is 4.48. The van der Waals surface area contributed by atoms with Crippen molar-refractivity contribution in [2.75, 3.05) is 13.6 Å². The topological polar surface area (TPSA) is 15.6 Å². The summed E-state index contributed by atoms with van der Waals surface area (Å²) in [5, 5.41) is 0. The molecule has 2 nitrogen and oxygen atoms in total. The van der Waals surface area contributed by atoms with Crippen molar-refractivity contribution in [1.82, 2.24) is 4.90 Å². The maximum absolute atomic E-state index is 4.54. The number of dihydropyridines is 1. The van der Waals surface area contributed by atoms with Gasteiger partial charge in [0.25, 0.3) is 0 Å². The lowest BCUT2D eigenvalue weighted by atomic mass is 9.89. The SMILES string of the molecule is CCCN(C)C1CC=C2C=CC=NC2C1. The predicted molar refractivity (Wildman–Crippen MR) is 65.4 cm³/mol. The lowest BCUT2D eigenvalue weighted by molar-refractivity contribution is 0.220. The summed E-state index contributed by atoms with van der Waals surface area (Å²) in [4.78, 5) is 7.01. The average molecular weight is 204 g/mol. The Morgan fingerprint density at radius 3 is 3.20 bits per heavy atom. The van der Waals surface area contributed by atoms with Gasteiger partial charge in [0.1, 0.15) is 0 Å². The Labute approximate surface area is 92.4 Å². The molecule has 0 fully saturated rings. The fraction of sp³-hybridized carbons (Fsp3) is 0.615. The predicted octanol–water partition coefficient (Wildman–Crippen LogP) is 2.43. The van der Waals surface area contributed by atoms with Gasteiger partial charge in [-0.25, -0.2) is 0 Å². The molecule has 0 radical (unpaired) electrons. The van der Waals surface area contributed by atoms with E-state index < -0.39 is 0 Å². The lowest BCUT2D eigenvalue weighted by Crippen LogP contribution is -2.37. The van der Waals surface area contributed by atoms with Crippen molar-refractivity contribution in [3.63, 3.8) is 0 Å². The Bertz CT molecular complexity index is 302. The fourth-order valence-electron chi connectivity index (χ4n) is 2.43. The van der Waals surface area contributed by atoms with E-state index in [9.17, 15) is 0 Å². The Balaban J connectivity index is 2.01. The molecule has 0 amide bonds. The molecule has 1 heterocycles. The number of rotatable bonds is 3. The molecule has 2 unspecified atom stereocenters.